The molecule has 3 heterocycles. The highest BCUT2D eigenvalue weighted by atomic mass is 32.2. The van der Waals surface area contributed by atoms with Crippen molar-refractivity contribution in [3.8, 4) is 23.0 Å². The summed E-state index contributed by atoms with van der Waals surface area (Å²) in [5.74, 6) is 2.28. The Kier molecular flexibility index (Phi) is 4.89. The number of aromatic nitrogens is 4. The van der Waals surface area contributed by atoms with Gasteiger partial charge in [-0.25, -0.2) is 9.97 Å². The number of hydrogen-bond acceptors (Lipinski definition) is 9. The lowest BCUT2D eigenvalue weighted by molar-refractivity contribution is -0.384. The van der Waals surface area contributed by atoms with Crippen LogP contribution >= 0.6 is 11.8 Å². The summed E-state index contributed by atoms with van der Waals surface area (Å²) in [7, 11) is 0. The number of rotatable bonds is 6. The van der Waals surface area contributed by atoms with E-state index in [1.54, 1.807) is 24.5 Å². The molecule has 2 aromatic carbocycles. The van der Waals surface area contributed by atoms with Crippen molar-refractivity contribution in [3.63, 3.8) is 0 Å². The van der Waals surface area contributed by atoms with E-state index in [0.717, 1.165) is 15.9 Å². The van der Waals surface area contributed by atoms with Crippen molar-refractivity contribution >= 4 is 28.4 Å². The molecule has 0 aliphatic carbocycles. The molecule has 5 aromatic rings. The zero-order valence-electron chi connectivity index (χ0n) is 15.8. The summed E-state index contributed by atoms with van der Waals surface area (Å²) in [5.41, 5.74) is 1.45. The van der Waals surface area contributed by atoms with Crippen LogP contribution in [0.4, 0.5) is 5.69 Å². The molecule has 10 heteroatoms. The number of hydrogen-bond donors (Lipinski definition) is 0. The van der Waals surface area contributed by atoms with Crippen molar-refractivity contribution in [2.75, 3.05) is 0 Å². The van der Waals surface area contributed by atoms with Gasteiger partial charge in [0.15, 0.2) is 11.6 Å². The van der Waals surface area contributed by atoms with Crippen LogP contribution < -0.4 is 0 Å². The molecule has 0 atom stereocenters. The first-order chi connectivity index (χ1) is 15.2. The Morgan fingerprint density at radius 3 is 2.55 bits per heavy atom. The van der Waals surface area contributed by atoms with Crippen LogP contribution in [0.2, 0.25) is 0 Å². The quantitative estimate of drug-likeness (QED) is 0.156. The van der Waals surface area contributed by atoms with Gasteiger partial charge >= 0.3 is 0 Å². The maximum atomic E-state index is 10.8. The van der Waals surface area contributed by atoms with E-state index in [9.17, 15) is 10.1 Å². The molecule has 5 rings (SSSR count). The Bertz CT molecular complexity index is 1370. The Morgan fingerprint density at radius 2 is 1.77 bits per heavy atom. The number of furan rings is 1. The fourth-order valence-corrected chi connectivity index (χ4v) is 3.82. The highest BCUT2D eigenvalue weighted by molar-refractivity contribution is 7.98. The van der Waals surface area contributed by atoms with E-state index in [1.807, 2.05) is 30.3 Å². The van der Waals surface area contributed by atoms with Crippen LogP contribution in [0.5, 0.6) is 0 Å². The molecule has 0 radical (unpaired) electrons. The SMILES string of the molecule is O=[N+]([O-])c1ccc(-c2noc(CSc3nc(-c4ccco4)nc4ccccc34)n2)cc1. The van der Waals surface area contributed by atoms with Crippen molar-refractivity contribution < 1.29 is 13.9 Å². The van der Waals surface area contributed by atoms with Crippen LogP contribution in [0.15, 0.2) is 80.9 Å². The van der Waals surface area contributed by atoms with Gasteiger partial charge in [-0.05, 0) is 30.3 Å². The number of nitro benzene ring substituents is 1. The highest BCUT2D eigenvalue weighted by Crippen LogP contribution is 2.31. The first-order valence-electron chi connectivity index (χ1n) is 9.18. The maximum absolute atomic E-state index is 10.8. The molecule has 9 nitrogen and oxygen atoms in total. The summed E-state index contributed by atoms with van der Waals surface area (Å²) < 4.78 is 10.8. The first-order valence-corrected chi connectivity index (χ1v) is 10.2. The van der Waals surface area contributed by atoms with Crippen molar-refractivity contribution in [3.05, 3.63) is 82.9 Å². The number of benzene rings is 2. The molecule has 3 aromatic heterocycles. The summed E-state index contributed by atoms with van der Waals surface area (Å²) in [5, 5.41) is 16.5. The van der Waals surface area contributed by atoms with Gasteiger partial charge in [0, 0.05) is 23.1 Å². The van der Waals surface area contributed by atoms with Crippen LogP contribution in [0.1, 0.15) is 5.89 Å². The van der Waals surface area contributed by atoms with E-state index in [0.29, 0.717) is 34.6 Å². The molecular formula is C21H13N5O4S. The number of nitrogens with zero attached hydrogens (tertiary/aromatic N) is 5. The fourth-order valence-electron chi connectivity index (χ4n) is 2.97. The summed E-state index contributed by atoms with van der Waals surface area (Å²) in [6, 6.07) is 17.3. The van der Waals surface area contributed by atoms with Crippen LogP contribution in [-0.2, 0) is 5.75 Å². The summed E-state index contributed by atoms with van der Waals surface area (Å²) >= 11 is 1.45. The molecule has 0 saturated carbocycles. The van der Waals surface area contributed by atoms with Crippen LogP contribution in [-0.4, -0.2) is 25.0 Å². The van der Waals surface area contributed by atoms with Gasteiger partial charge in [-0.2, -0.15) is 4.98 Å². The Labute approximate surface area is 179 Å². The first kappa shape index (κ1) is 18.9. The van der Waals surface area contributed by atoms with E-state index in [2.05, 4.69) is 20.1 Å². The molecular weight excluding hydrogens is 418 g/mol. The summed E-state index contributed by atoms with van der Waals surface area (Å²) in [4.78, 5) is 24.0. The summed E-state index contributed by atoms with van der Waals surface area (Å²) in [6.07, 6.45) is 1.58. The van der Waals surface area contributed by atoms with Gasteiger partial charge in [0.2, 0.25) is 11.7 Å². The summed E-state index contributed by atoms with van der Waals surface area (Å²) in [6.45, 7) is 0. The van der Waals surface area contributed by atoms with Crippen LogP contribution in [0.25, 0.3) is 33.9 Å². The molecule has 152 valence electrons. The van der Waals surface area contributed by atoms with Crippen molar-refractivity contribution in [1.82, 2.24) is 20.1 Å². The lowest BCUT2D eigenvalue weighted by Gasteiger charge is -2.06. The second kappa shape index (κ2) is 8.00. The van der Waals surface area contributed by atoms with E-state index in [1.165, 1.54) is 23.9 Å². The zero-order valence-corrected chi connectivity index (χ0v) is 16.7. The molecule has 0 aliphatic heterocycles. The van der Waals surface area contributed by atoms with Gasteiger partial charge in [-0.15, -0.1) is 0 Å². The van der Waals surface area contributed by atoms with Crippen LogP contribution in [0.3, 0.4) is 0 Å². The standard InChI is InChI=1S/C21H13N5O4S/c27-26(28)14-9-7-13(8-10-14)19-23-18(30-25-19)12-31-21-15-4-1-2-5-16(15)22-20(24-21)17-6-3-11-29-17/h1-11H,12H2. The molecule has 31 heavy (non-hydrogen) atoms. The Balaban J connectivity index is 1.39. The Morgan fingerprint density at radius 1 is 0.935 bits per heavy atom. The topological polar surface area (TPSA) is 121 Å². The highest BCUT2D eigenvalue weighted by Gasteiger charge is 2.15. The third-order valence-corrected chi connectivity index (χ3v) is 5.42. The minimum atomic E-state index is -0.453. The molecule has 0 bridgehead atoms. The third-order valence-electron chi connectivity index (χ3n) is 4.45. The number of thioether (sulfide) groups is 1. The normalized spacial score (nSPS) is 11.1. The molecule has 0 aliphatic rings. The van der Waals surface area contributed by atoms with E-state index in [4.69, 9.17) is 8.94 Å². The third kappa shape index (κ3) is 3.88. The number of fused-ring (bicyclic) bond motifs is 1. The molecule has 0 unspecified atom stereocenters. The van der Waals surface area contributed by atoms with Gasteiger partial charge in [0.25, 0.3) is 5.69 Å². The predicted octanol–water partition coefficient (Wildman–Crippen LogP) is 5.14. The van der Waals surface area contributed by atoms with E-state index < -0.39 is 4.92 Å². The van der Waals surface area contributed by atoms with Crippen LogP contribution in [0, 0.1) is 10.1 Å². The second-order valence-corrected chi connectivity index (χ2v) is 7.42. The molecule has 0 amide bonds. The molecule has 0 fully saturated rings. The van der Waals surface area contributed by atoms with Gasteiger partial charge in [0.1, 0.15) is 5.03 Å². The largest absolute Gasteiger partial charge is 0.461 e. The second-order valence-electron chi connectivity index (χ2n) is 6.45. The maximum Gasteiger partial charge on any atom is 0.269 e. The van der Waals surface area contributed by atoms with Crippen molar-refractivity contribution in [1.29, 1.82) is 0 Å². The van der Waals surface area contributed by atoms with Crippen molar-refractivity contribution in [2.24, 2.45) is 0 Å². The lowest BCUT2D eigenvalue weighted by Crippen LogP contribution is -1.93. The minimum absolute atomic E-state index is 0.00558. The molecule has 0 N–H and O–H groups in total. The van der Waals surface area contributed by atoms with Gasteiger partial charge in [-0.3, -0.25) is 10.1 Å². The van der Waals surface area contributed by atoms with Gasteiger partial charge in [-0.1, -0.05) is 35.1 Å². The van der Waals surface area contributed by atoms with Crippen molar-refractivity contribution in [2.45, 2.75) is 10.8 Å². The predicted molar refractivity (Wildman–Crippen MR) is 113 cm³/mol. The average Bonchev–Trinajstić information content (AvgIpc) is 3.50. The minimum Gasteiger partial charge on any atom is -0.461 e. The lowest BCUT2D eigenvalue weighted by atomic mass is 10.2. The van der Waals surface area contributed by atoms with Gasteiger partial charge in [0.05, 0.1) is 22.5 Å². The monoisotopic (exact) mass is 431 g/mol. The molecule has 0 spiro atoms. The van der Waals surface area contributed by atoms with E-state index >= 15 is 0 Å². The Hall–Kier alpha value is -4.05. The number of nitro groups is 1. The van der Waals surface area contributed by atoms with E-state index in [-0.39, 0.29) is 5.69 Å². The smallest absolute Gasteiger partial charge is 0.269 e. The number of non-ortho nitro benzene ring substituents is 1. The number of para-hydroxylation sites is 1. The zero-order chi connectivity index (χ0) is 21.2. The molecule has 0 saturated heterocycles. The fraction of sp³-hybridized carbons (Fsp3) is 0.0476. The van der Waals surface area contributed by atoms with Gasteiger partial charge < -0.3 is 8.94 Å². The average molecular weight is 431 g/mol.